The van der Waals surface area contributed by atoms with Crippen molar-refractivity contribution in [3.8, 4) is 0 Å². The Morgan fingerprint density at radius 3 is 2.81 bits per heavy atom. The first kappa shape index (κ1) is 15.7. The molecule has 2 aliphatic heterocycles. The average molecular weight is 349 g/mol. The lowest BCUT2D eigenvalue weighted by Gasteiger charge is -2.48. The van der Waals surface area contributed by atoms with Gasteiger partial charge in [-0.05, 0) is 36.8 Å². The van der Waals surface area contributed by atoms with Gasteiger partial charge in [-0.1, -0.05) is 30.4 Å². The van der Waals surface area contributed by atoms with Crippen molar-refractivity contribution in [3.63, 3.8) is 0 Å². The number of piperazine rings is 1. The van der Waals surface area contributed by atoms with E-state index in [1.807, 2.05) is 17.0 Å². The van der Waals surface area contributed by atoms with Crippen LogP contribution >= 0.6 is 0 Å². The molecule has 134 valence electrons. The molecule has 1 aliphatic carbocycles. The van der Waals surface area contributed by atoms with Crippen LogP contribution in [-0.4, -0.2) is 46.2 Å². The molecule has 3 aliphatic rings. The van der Waals surface area contributed by atoms with Gasteiger partial charge in [0.05, 0.1) is 12.6 Å². The van der Waals surface area contributed by atoms with Gasteiger partial charge in [0.15, 0.2) is 0 Å². The van der Waals surface area contributed by atoms with Gasteiger partial charge in [0.25, 0.3) is 0 Å². The van der Waals surface area contributed by atoms with E-state index >= 15 is 0 Å². The molecule has 26 heavy (non-hydrogen) atoms. The van der Waals surface area contributed by atoms with Gasteiger partial charge in [-0.15, -0.1) is 0 Å². The quantitative estimate of drug-likeness (QED) is 0.805. The van der Waals surface area contributed by atoms with Crippen LogP contribution in [-0.2, 0) is 16.0 Å². The highest BCUT2D eigenvalue weighted by Gasteiger charge is 2.48. The van der Waals surface area contributed by atoms with Gasteiger partial charge in [0.2, 0.25) is 11.8 Å². The molecule has 3 heterocycles. The Hall–Kier alpha value is -2.56. The number of H-pyrrole nitrogens is 1. The minimum atomic E-state index is -0.371. The molecule has 5 heteroatoms. The summed E-state index contributed by atoms with van der Waals surface area (Å²) in [6.07, 6.45) is 8.10. The van der Waals surface area contributed by atoms with Gasteiger partial charge in [-0.25, -0.2) is 0 Å². The molecule has 0 spiro atoms. The Morgan fingerprint density at radius 2 is 2.00 bits per heavy atom. The van der Waals surface area contributed by atoms with Crippen molar-refractivity contribution in [1.82, 2.24) is 14.8 Å². The minimum Gasteiger partial charge on any atom is -0.356 e. The van der Waals surface area contributed by atoms with E-state index < -0.39 is 0 Å². The molecule has 2 amide bonds. The summed E-state index contributed by atoms with van der Waals surface area (Å²) in [6.45, 7) is 0.184. The van der Waals surface area contributed by atoms with E-state index in [1.165, 1.54) is 10.9 Å². The topological polar surface area (TPSA) is 56.4 Å². The second-order valence-corrected chi connectivity index (χ2v) is 7.77. The molecule has 1 aromatic heterocycles. The highest BCUT2D eigenvalue weighted by molar-refractivity contribution is 5.97. The molecule has 5 nitrogen and oxygen atoms in total. The number of hydrogen-bond donors (Lipinski definition) is 1. The second kappa shape index (κ2) is 5.73. The number of aromatic nitrogens is 1. The highest BCUT2D eigenvalue weighted by Crippen LogP contribution is 2.45. The number of likely N-dealkylation sites (N-methyl/N-ethyl adjacent to an activating group) is 1. The number of rotatable bonds is 1. The summed E-state index contributed by atoms with van der Waals surface area (Å²) in [7, 11) is 1.74. The Kier molecular flexibility index (Phi) is 3.45. The fourth-order valence-corrected chi connectivity index (χ4v) is 5.04. The maximum Gasteiger partial charge on any atom is 0.245 e. The number of amides is 2. The number of allylic oxidation sites excluding steroid dienone is 2. The van der Waals surface area contributed by atoms with Gasteiger partial charge >= 0.3 is 0 Å². The monoisotopic (exact) mass is 349 g/mol. The van der Waals surface area contributed by atoms with E-state index in [4.69, 9.17) is 0 Å². The van der Waals surface area contributed by atoms with Crippen molar-refractivity contribution in [1.29, 1.82) is 0 Å². The van der Waals surface area contributed by atoms with Crippen LogP contribution in [0.2, 0.25) is 0 Å². The zero-order chi connectivity index (χ0) is 17.8. The molecule has 5 rings (SSSR count). The fourth-order valence-electron chi connectivity index (χ4n) is 5.04. The van der Waals surface area contributed by atoms with Gasteiger partial charge < -0.3 is 14.8 Å². The number of aromatic amines is 1. The summed E-state index contributed by atoms with van der Waals surface area (Å²) < 4.78 is 0. The van der Waals surface area contributed by atoms with E-state index in [9.17, 15) is 9.59 Å². The first-order valence-electron chi connectivity index (χ1n) is 9.46. The number of nitrogens with zero attached hydrogens (tertiary/aromatic N) is 2. The van der Waals surface area contributed by atoms with E-state index in [0.717, 1.165) is 30.5 Å². The molecule has 0 radical (unpaired) electrons. The standard InChI is InChI=1S/C21H23N3O2/c1-23-12-18(25)24-17(21(23)26)11-15-14-9-5-6-10-16(14)22-19(15)20(24)13-7-3-2-4-8-13/h2-3,5-6,9-10,13,17,20,22H,4,7-8,11-12H2,1H3/t13?,17-,20+/m1/s1. The average Bonchev–Trinajstić information content (AvgIpc) is 3.03. The largest absolute Gasteiger partial charge is 0.356 e. The lowest BCUT2D eigenvalue weighted by molar-refractivity contribution is -0.160. The van der Waals surface area contributed by atoms with Crippen LogP contribution < -0.4 is 0 Å². The molecule has 0 saturated carbocycles. The summed E-state index contributed by atoms with van der Waals surface area (Å²) >= 11 is 0. The van der Waals surface area contributed by atoms with Crippen LogP contribution in [0.1, 0.15) is 36.6 Å². The third kappa shape index (κ3) is 2.16. The van der Waals surface area contributed by atoms with E-state index in [-0.39, 0.29) is 30.4 Å². The SMILES string of the molecule is CN1CC(=O)N2[C@H](Cc3c([nH]c4ccccc34)[C@@H]2C2CC=CCC2)C1=O. The van der Waals surface area contributed by atoms with Crippen LogP contribution in [0.25, 0.3) is 10.9 Å². The maximum absolute atomic E-state index is 13.0. The van der Waals surface area contributed by atoms with Crippen LogP contribution in [0.15, 0.2) is 36.4 Å². The van der Waals surface area contributed by atoms with Gasteiger partial charge in [0.1, 0.15) is 6.04 Å². The maximum atomic E-state index is 13.0. The predicted octanol–water partition coefficient (Wildman–Crippen LogP) is 2.79. The summed E-state index contributed by atoms with van der Waals surface area (Å²) in [5.74, 6) is 0.493. The highest BCUT2D eigenvalue weighted by atomic mass is 16.2. The summed E-state index contributed by atoms with van der Waals surface area (Å²) in [6, 6.07) is 7.87. The van der Waals surface area contributed by atoms with Crippen molar-refractivity contribution in [2.45, 2.75) is 37.8 Å². The van der Waals surface area contributed by atoms with Crippen molar-refractivity contribution >= 4 is 22.7 Å². The number of para-hydroxylation sites is 1. The Balaban J connectivity index is 1.70. The molecular formula is C21H23N3O2. The van der Waals surface area contributed by atoms with Crippen molar-refractivity contribution in [2.75, 3.05) is 13.6 Å². The zero-order valence-corrected chi connectivity index (χ0v) is 14.9. The first-order valence-corrected chi connectivity index (χ1v) is 9.46. The fraction of sp³-hybridized carbons (Fsp3) is 0.429. The van der Waals surface area contributed by atoms with E-state index in [2.05, 4.69) is 29.3 Å². The number of nitrogens with one attached hydrogen (secondary N) is 1. The normalized spacial score (nSPS) is 28.4. The Bertz CT molecular complexity index is 928. The lowest BCUT2D eigenvalue weighted by Crippen LogP contribution is -2.62. The van der Waals surface area contributed by atoms with Crippen LogP contribution in [0.4, 0.5) is 0 Å². The molecular weight excluding hydrogens is 326 g/mol. The number of benzene rings is 1. The van der Waals surface area contributed by atoms with Crippen LogP contribution in [0, 0.1) is 5.92 Å². The van der Waals surface area contributed by atoms with Gasteiger partial charge in [0, 0.05) is 30.1 Å². The summed E-state index contributed by atoms with van der Waals surface area (Å²) in [5.41, 5.74) is 3.47. The molecule has 1 aromatic carbocycles. The third-order valence-corrected chi connectivity index (χ3v) is 6.25. The van der Waals surface area contributed by atoms with Gasteiger partial charge in [-0.3, -0.25) is 9.59 Å². The number of hydrogen-bond acceptors (Lipinski definition) is 2. The third-order valence-electron chi connectivity index (χ3n) is 6.25. The molecule has 1 fully saturated rings. The van der Waals surface area contributed by atoms with E-state index in [0.29, 0.717) is 12.3 Å². The van der Waals surface area contributed by atoms with Crippen molar-refractivity contribution in [2.24, 2.45) is 5.92 Å². The Labute approximate surface area is 152 Å². The molecule has 1 saturated heterocycles. The summed E-state index contributed by atoms with van der Waals surface area (Å²) in [4.78, 5) is 33.0. The van der Waals surface area contributed by atoms with Crippen molar-refractivity contribution < 1.29 is 9.59 Å². The van der Waals surface area contributed by atoms with Crippen molar-refractivity contribution in [3.05, 3.63) is 47.7 Å². The molecule has 0 bridgehead atoms. The van der Waals surface area contributed by atoms with Gasteiger partial charge in [-0.2, -0.15) is 0 Å². The zero-order valence-electron chi connectivity index (χ0n) is 14.9. The number of fused-ring (bicyclic) bond motifs is 4. The molecule has 3 atom stereocenters. The summed E-state index contributed by atoms with van der Waals surface area (Å²) in [5, 5.41) is 1.19. The van der Waals surface area contributed by atoms with Crippen LogP contribution in [0.5, 0.6) is 0 Å². The predicted molar refractivity (Wildman–Crippen MR) is 99.5 cm³/mol. The molecule has 1 N–H and O–H groups in total. The number of carbonyl (C=O) groups excluding carboxylic acids is 2. The Morgan fingerprint density at radius 1 is 1.15 bits per heavy atom. The lowest BCUT2D eigenvalue weighted by atomic mass is 9.79. The number of carbonyl (C=O) groups is 2. The smallest absolute Gasteiger partial charge is 0.245 e. The molecule has 2 aromatic rings. The second-order valence-electron chi connectivity index (χ2n) is 7.77. The van der Waals surface area contributed by atoms with Crippen LogP contribution in [0.3, 0.4) is 0 Å². The first-order chi connectivity index (χ1) is 12.6. The molecule has 1 unspecified atom stereocenters. The minimum absolute atomic E-state index is 0.0359. The van der Waals surface area contributed by atoms with E-state index in [1.54, 1.807) is 11.9 Å².